The minimum absolute atomic E-state index is 0.0745. The molecule has 0 saturated carbocycles. The van der Waals surface area contributed by atoms with Crippen molar-refractivity contribution >= 4 is 88.9 Å². The van der Waals surface area contributed by atoms with Gasteiger partial charge in [0.05, 0.1) is 16.2 Å². The lowest BCUT2D eigenvalue weighted by atomic mass is 9.33. The minimum atomic E-state index is -1.15. The maximum Gasteiger partial charge on any atom is 0.252 e. The summed E-state index contributed by atoms with van der Waals surface area (Å²) in [5.41, 5.74) is 12.1. The van der Waals surface area contributed by atoms with Crippen LogP contribution >= 0.6 is 10.0 Å². The Morgan fingerprint density at radius 3 is 1.64 bits per heavy atom. The number of rotatable bonds is 3. The number of para-hydroxylation sites is 4. The molecule has 6 aromatic carbocycles. The summed E-state index contributed by atoms with van der Waals surface area (Å²) in [6, 6.07) is 50.9. The quantitative estimate of drug-likeness (QED) is 0.150. The van der Waals surface area contributed by atoms with Crippen molar-refractivity contribution in [2.45, 2.75) is 5.03 Å². The van der Waals surface area contributed by atoms with Crippen molar-refractivity contribution in [3.05, 3.63) is 140 Å². The lowest BCUT2D eigenvalue weighted by Gasteiger charge is -2.44. The van der Waals surface area contributed by atoms with Gasteiger partial charge in [0.15, 0.2) is 0 Å². The zero-order chi connectivity index (χ0) is 30.3. The zero-order valence-electron chi connectivity index (χ0n) is 25.6. The average molecular weight is 598 g/mol. The normalized spacial score (nSPS) is 13.9. The van der Waals surface area contributed by atoms with E-state index in [2.05, 4.69) is 168 Å². The first-order valence-electron chi connectivity index (χ1n) is 15.5. The smallest absolute Gasteiger partial charge is 0.252 e. The van der Waals surface area contributed by atoms with Gasteiger partial charge in [0.1, 0.15) is 0 Å². The van der Waals surface area contributed by atoms with E-state index in [1.54, 1.807) is 0 Å². The van der Waals surface area contributed by atoms with Crippen LogP contribution in [0.3, 0.4) is 0 Å². The van der Waals surface area contributed by atoms with Crippen LogP contribution in [0.5, 0.6) is 0 Å². The number of fused-ring (bicyclic) bond motifs is 8. The Kier molecular flexibility index (Phi) is 5.72. The lowest BCUT2D eigenvalue weighted by molar-refractivity contribution is 1.20. The Balaban J connectivity index is 1.53. The SMILES string of the molecule is CS(C)(C)c1nc2c3c4c(cc2c2ccccc12)N(c1ccccc1)c1ccccc1B4c1ccccc1N3c1ccccc1. The second kappa shape index (κ2) is 9.75. The van der Waals surface area contributed by atoms with Crippen LogP contribution in [0.25, 0.3) is 21.7 Å². The first-order chi connectivity index (χ1) is 22.0. The maximum absolute atomic E-state index is 5.70. The molecular formula is C40H32BN3S. The Hall–Kier alpha value is -5.00. The van der Waals surface area contributed by atoms with Crippen molar-refractivity contribution in [3.8, 4) is 0 Å². The van der Waals surface area contributed by atoms with Crippen molar-refractivity contribution in [2.75, 3.05) is 28.6 Å². The number of benzene rings is 6. The topological polar surface area (TPSA) is 19.4 Å². The molecule has 0 N–H and O–H groups in total. The molecule has 5 heteroatoms. The Labute approximate surface area is 266 Å². The highest BCUT2D eigenvalue weighted by molar-refractivity contribution is 8.32. The van der Waals surface area contributed by atoms with Crippen molar-refractivity contribution in [1.82, 2.24) is 4.98 Å². The summed E-state index contributed by atoms with van der Waals surface area (Å²) in [5.74, 6) is 0. The highest BCUT2D eigenvalue weighted by Gasteiger charge is 2.44. The number of hydrogen-bond donors (Lipinski definition) is 0. The fourth-order valence-corrected chi connectivity index (χ4v) is 8.71. The van der Waals surface area contributed by atoms with Crippen LogP contribution in [0.15, 0.2) is 145 Å². The molecule has 216 valence electrons. The van der Waals surface area contributed by atoms with Gasteiger partial charge in [-0.2, -0.15) is 0 Å². The highest BCUT2D eigenvalue weighted by atomic mass is 32.3. The van der Waals surface area contributed by atoms with E-state index in [-0.39, 0.29) is 6.71 Å². The predicted molar refractivity (Wildman–Crippen MR) is 197 cm³/mol. The molecule has 0 aliphatic carbocycles. The number of anilines is 6. The van der Waals surface area contributed by atoms with Gasteiger partial charge in [-0.3, -0.25) is 0 Å². The summed E-state index contributed by atoms with van der Waals surface area (Å²) in [7, 11) is -1.15. The molecule has 0 spiro atoms. The van der Waals surface area contributed by atoms with Crippen molar-refractivity contribution < 1.29 is 0 Å². The van der Waals surface area contributed by atoms with E-state index >= 15 is 0 Å². The average Bonchev–Trinajstić information content (AvgIpc) is 3.08. The van der Waals surface area contributed by atoms with Gasteiger partial charge >= 0.3 is 0 Å². The van der Waals surface area contributed by atoms with E-state index in [9.17, 15) is 0 Å². The van der Waals surface area contributed by atoms with E-state index < -0.39 is 10.0 Å². The summed E-state index contributed by atoms with van der Waals surface area (Å²) in [6.07, 6.45) is 7.08. The van der Waals surface area contributed by atoms with Crippen molar-refractivity contribution in [3.63, 3.8) is 0 Å². The van der Waals surface area contributed by atoms with Gasteiger partial charge < -0.3 is 9.80 Å². The summed E-state index contributed by atoms with van der Waals surface area (Å²) in [5, 5.41) is 4.91. The molecule has 0 saturated heterocycles. The molecule has 45 heavy (non-hydrogen) atoms. The molecule has 0 radical (unpaired) electrons. The van der Waals surface area contributed by atoms with E-state index in [0.717, 1.165) is 16.9 Å². The zero-order valence-corrected chi connectivity index (χ0v) is 26.4. The minimum Gasteiger partial charge on any atom is -0.311 e. The van der Waals surface area contributed by atoms with Gasteiger partial charge in [-0.15, -0.1) is 0 Å². The van der Waals surface area contributed by atoms with Gasteiger partial charge in [0, 0.05) is 39.2 Å². The lowest BCUT2D eigenvalue weighted by Crippen LogP contribution is -2.61. The second-order valence-corrected chi connectivity index (χ2v) is 16.8. The van der Waals surface area contributed by atoms with E-state index in [0.29, 0.717) is 0 Å². The number of nitrogens with zero attached hydrogens (tertiary/aromatic N) is 3. The fraction of sp³-hybridized carbons (Fsp3) is 0.0750. The molecule has 0 atom stereocenters. The molecule has 2 aliphatic rings. The van der Waals surface area contributed by atoms with Crippen LogP contribution in [0.2, 0.25) is 0 Å². The molecule has 0 fully saturated rings. The molecule has 2 aliphatic heterocycles. The number of hydrogen-bond acceptors (Lipinski definition) is 3. The first-order valence-corrected chi connectivity index (χ1v) is 18.3. The van der Waals surface area contributed by atoms with Crippen LogP contribution in [-0.2, 0) is 0 Å². The molecule has 7 aromatic rings. The van der Waals surface area contributed by atoms with Gasteiger partial charge in [-0.25, -0.2) is 15.0 Å². The molecule has 9 rings (SSSR count). The fourth-order valence-electron chi connectivity index (χ4n) is 7.51. The summed E-state index contributed by atoms with van der Waals surface area (Å²) in [4.78, 5) is 10.7. The van der Waals surface area contributed by atoms with E-state index in [1.165, 1.54) is 60.3 Å². The predicted octanol–water partition coefficient (Wildman–Crippen LogP) is 8.52. The van der Waals surface area contributed by atoms with Crippen LogP contribution in [0.1, 0.15) is 0 Å². The molecule has 3 nitrogen and oxygen atoms in total. The van der Waals surface area contributed by atoms with Gasteiger partial charge in [0.25, 0.3) is 6.71 Å². The van der Waals surface area contributed by atoms with Crippen LogP contribution in [0.4, 0.5) is 34.1 Å². The largest absolute Gasteiger partial charge is 0.311 e. The molecule has 1 aromatic heterocycles. The summed E-state index contributed by atoms with van der Waals surface area (Å²) in [6.45, 7) is 0.0745. The van der Waals surface area contributed by atoms with Crippen molar-refractivity contribution in [1.29, 1.82) is 0 Å². The molecule has 0 unspecified atom stereocenters. The second-order valence-electron chi connectivity index (χ2n) is 12.7. The van der Waals surface area contributed by atoms with Crippen LogP contribution in [0, 0.1) is 0 Å². The number of pyridine rings is 1. The summed E-state index contributed by atoms with van der Waals surface area (Å²) < 4.78 is 0. The Bertz CT molecular complexity index is 2270. The third-order valence-corrected chi connectivity index (χ3v) is 10.8. The summed E-state index contributed by atoms with van der Waals surface area (Å²) >= 11 is 0. The number of aromatic nitrogens is 1. The van der Waals surface area contributed by atoms with Gasteiger partial charge in [-0.1, -0.05) is 97.1 Å². The van der Waals surface area contributed by atoms with Gasteiger partial charge in [0.2, 0.25) is 0 Å². The van der Waals surface area contributed by atoms with E-state index in [4.69, 9.17) is 4.98 Å². The third-order valence-electron chi connectivity index (χ3n) is 9.29. The molecule has 3 heterocycles. The van der Waals surface area contributed by atoms with E-state index in [1.807, 2.05) is 0 Å². The van der Waals surface area contributed by atoms with Gasteiger partial charge in [-0.05, 0) is 83.0 Å². The Morgan fingerprint density at radius 2 is 1.02 bits per heavy atom. The third kappa shape index (κ3) is 3.84. The van der Waals surface area contributed by atoms with Crippen LogP contribution in [-0.4, -0.2) is 30.5 Å². The molecule has 0 bridgehead atoms. The van der Waals surface area contributed by atoms with Crippen LogP contribution < -0.4 is 26.2 Å². The Morgan fingerprint density at radius 1 is 0.511 bits per heavy atom. The maximum atomic E-state index is 5.70. The van der Waals surface area contributed by atoms with Crippen molar-refractivity contribution in [2.24, 2.45) is 0 Å². The molecule has 0 amide bonds. The standard InChI is InChI=1S/C40H32BN3S/c1-45(2,3)40-30-21-11-10-20-29(30)31-26-36-37-39(38(31)42-40)44(28-18-8-5-9-19-28)35-25-15-13-23-33(35)41(37)32-22-12-14-24-34(32)43(36)27-16-6-4-7-17-27/h4-26H,1-3H3. The molecular weight excluding hydrogens is 565 g/mol. The monoisotopic (exact) mass is 597 g/mol. The first kappa shape index (κ1) is 26.4. The highest BCUT2D eigenvalue weighted by Crippen LogP contribution is 2.52.